The molecule has 0 aliphatic rings. The van der Waals surface area contributed by atoms with Crippen molar-refractivity contribution in [3.8, 4) is 0 Å². The van der Waals surface area contributed by atoms with Gasteiger partial charge in [-0.15, -0.1) is 0 Å². The minimum atomic E-state index is -4.64. The Morgan fingerprint density at radius 1 is 1.12 bits per heavy atom. The SMILES string of the molecule is O=P(O)(O)O.[B].[Fe].[Nd]. The molecule has 0 aromatic heterocycles. The zero-order valence-electron chi connectivity index (χ0n) is 3.63. The van der Waals surface area contributed by atoms with Gasteiger partial charge in [0.25, 0.3) is 0 Å². The molecule has 0 heterocycles. The molecule has 4 nitrogen and oxygen atoms in total. The molecule has 0 aromatic carbocycles. The summed E-state index contributed by atoms with van der Waals surface area (Å²) in [5.41, 5.74) is 0. The van der Waals surface area contributed by atoms with Gasteiger partial charge in [-0.25, -0.2) is 4.57 Å². The molecule has 0 saturated heterocycles. The second kappa shape index (κ2) is 9.05. The molecular weight excluding hydrogens is 306 g/mol. The molecule has 0 aromatic rings. The Labute approximate surface area is 92.3 Å². The zero-order chi connectivity index (χ0) is 4.50. The summed E-state index contributed by atoms with van der Waals surface area (Å²) in [6.07, 6.45) is 0. The third-order valence-electron chi connectivity index (χ3n) is 0. The molecule has 0 atom stereocenters. The van der Waals surface area contributed by atoms with Crippen LogP contribution in [0.25, 0.3) is 0 Å². The second-order valence-electron chi connectivity index (χ2n) is 0.513. The van der Waals surface area contributed by atoms with E-state index in [9.17, 15) is 0 Å². The van der Waals surface area contributed by atoms with E-state index in [0.717, 1.165) is 0 Å². The van der Waals surface area contributed by atoms with Gasteiger partial charge in [-0.1, -0.05) is 0 Å². The summed E-state index contributed by atoms with van der Waals surface area (Å²) in [5, 5.41) is 0. The molecule has 0 spiro atoms. The Balaban J connectivity index is -0.0000000267. The van der Waals surface area contributed by atoms with E-state index in [-0.39, 0.29) is 66.3 Å². The van der Waals surface area contributed by atoms with Crippen LogP contribution in [0, 0.1) is 40.8 Å². The average Bonchev–Trinajstić information content (AvgIpc) is 0.722. The van der Waals surface area contributed by atoms with E-state index in [1.54, 1.807) is 0 Å². The fraction of sp³-hybridized carbons (Fsp3) is 0. The minimum Gasteiger partial charge on any atom is -0.303 e. The van der Waals surface area contributed by atoms with Crippen LogP contribution in [-0.4, -0.2) is 23.1 Å². The van der Waals surface area contributed by atoms with E-state index in [4.69, 9.17) is 19.2 Å². The molecular formula is H3BFeNdO4P. The van der Waals surface area contributed by atoms with Crippen molar-refractivity contribution in [2.24, 2.45) is 0 Å². The predicted octanol–water partition coefficient (Wildman–Crippen LogP) is -1.31. The Bertz CT molecular complexity index is 62.2. The molecule has 0 amide bonds. The van der Waals surface area contributed by atoms with Crippen molar-refractivity contribution in [1.29, 1.82) is 0 Å². The first-order chi connectivity index (χ1) is 2.00. The van der Waals surface area contributed by atoms with E-state index < -0.39 is 7.82 Å². The topological polar surface area (TPSA) is 77.8 Å². The zero-order valence-corrected chi connectivity index (χ0v) is 8.83. The molecule has 0 aliphatic carbocycles. The number of hydrogen-bond donors (Lipinski definition) is 3. The van der Waals surface area contributed by atoms with Gasteiger partial charge in [0.2, 0.25) is 0 Å². The normalized spacial score (nSPS) is 7.38. The molecule has 8 heteroatoms. The van der Waals surface area contributed by atoms with Gasteiger partial charge in [0.1, 0.15) is 0 Å². The van der Waals surface area contributed by atoms with Crippen LogP contribution >= 0.6 is 7.82 Å². The number of rotatable bonds is 0. The van der Waals surface area contributed by atoms with Gasteiger partial charge in [0.15, 0.2) is 0 Å². The van der Waals surface area contributed by atoms with Crippen LogP contribution < -0.4 is 0 Å². The van der Waals surface area contributed by atoms with Crippen molar-refractivity contribution in [3.05, 3.63) is 0 Å². The summed E-state index contributed by atoms with van der Waals surface area (Å²) in [7, 11) is -4.64. The van der Waals surface area contributed by atoms with E-state index in [1.807, 2.05) is 0 Å². The van der Waals surface area contributed by atoms with Crippen molar-refractivity contribution in [1.82, 2.24) is 0 Å². The van der Waals surface area contributed by atoms with Crippen LogP contribution in [0.5, 0.6) is 0 Å². The van der Waals surface area contributed by atoms with E-state index >= 15 is 0 Å². The summed E-state index contributed by atoms with van der Waals surface area (Å²) in [6, 6.07) is 0. The molecule has 47 valence electrons. The molecule has 0 saturated carbocycles. The van der Waals surface area contributed by atoms with Crippen LogP contribution in [-0.2, 0) is 21.6 Å². The van der Waals surface area contributed by atoms with Crippen molar-refractivity contribution in [3.63, 3.8) is 0 Å². The molecule has 3 radical (unpaired) electrons. The largest absolute Gasteiger partial charge is 0.466 e. The Hall–Kier alpha value is 2.05. The number of hydrogen-bond acceptors (Lipinski definition) is 1. The third-order valence-corrected chi connectivity index (χ3v) is 0. The van der Waals surface area contributed by atoms with Crippen LogP contribution in [0.1, 0.15) is 0 Å². The Morgan fingerprint density at radius 3 is 1.12 bits per heavy atom. The van der Waals surface area contributed by atoms with Gasteiger partial charge >= 0.3 is 7.82 Å². The van der Waals surface area contributed by atoms with Gasteiger partial charge in [-0.2, -0.15) is 0 Å². The van der Waals surface area contributed by atoms with Crippen molar-refractivity contribution >= 4 is 16.2 Å². The second-order valence-corrected chi connectivity index (χ2v) is 1.54. The maximum atomic E-state index is 8.88. The maximum absolute atomic E-state index is 8.88. The predicted molar refractivity (Wildman–Crippen MR) is 20.0 cm³/mol. The Morgan fingerprint density at radius 2 is 1.12 bits per heavy atom. The van der Waals surface area contributed by atoms with Crippen molar-refractivity contribution in [2.75, 3.05) is 0 Å². The van der Waals surface area contributed by atoms with Crippen LogP contribution in [0.15, 0.2) is 0 Å². The van der Waals surface area contributed by atoms with E-state index in [2.05, 4.69) is 0 Å². The number of phosphoric acid groups is 1. The van der Waals surface area contributed by atoms with Crippen molar-refractivity contribution in [2.45, 2.75) is 0 Å². The molecule has 3 N–H and O–H groups in total. The molecule has 0 unspecified atom stereocenters. The summed E-state index contributed by atoms with van der Waals surface area (Å²) in [6.45, 7) is 0. The molecule has 0 bridgehead atoms. The quantitative estimate of drug-likeness (QED) is 0.383. The van der Waals surface area contributed by atoms with Gasteiger partial charge in [0.05, 0.1) is 0 Å². The summed E-state index contributed by atoms with van der Waals surface area (Å²) in [5.74, 6) is 0. The first kappa shape index (κ1) is 22.5. The molecule has 0 aliphatic heterocycles. The fourth-order valence-corrected chi connectivity index (χ4v) is 0. The molecule has 0 rings (SSSR count). The summed E-state index contributed by atoms with van der Waals surface area (Å²) < 4.78 is 8.88. The molecule has 8 heavy (non-hydrogen) atoms. The average molecular weight is 309 g/mol. The molecule has 0 fully saturated rings. The van der Waals surface area contributed by atoms with Gasteiger partial charge < -0.3 is 14.7 Å². The van der Waals surface area contributed by atoms with E-state index in [0.29, 0.717) is 0 Å². The minimum absolute atomic E-state index is 0. The Kier molecular flexibility index (Phi) is 25.4. The summed E-state index contributed by atoms with van der Waals surface area (Å²) >= 11 is 0. The standard InChI is InChI=1S/B.Fe.Nd.H3O4P/c;;;1-5(2,3)4/h;;;(H3,1,2,3,4). The van der Waals surface area contributed by atoms with Crippen LogP contribution in [0.3, 0.4) is 0 Å². The summed E-state index contributed by atoms with van der Waals surface area (Å²) in [4.78, 5) is 21.6. The van der Waals surface area contributed by atoms with Gasteiger partial charge in [-0.3, -0.25) is 0 Å². The van der Waals surface area contributed by atoms with Gasteiger partial charge in [0, 0.05) is 66.3 Å². The monoisotopic (exact) mass is 307 g/mol. The first-order valence-corrected chi connectivity index (χ1v) is 2.35. The van der Waals surface area contributed by atoms with Crippen LogP contribution in [0.2, 0.25) is 0 Å². The van der Waals surface area contributed by atoms with E-state index in [1.165, 1.54) is 0 Å². The first-order valence-electron chi connectivity index (χ1n) is 0.783. The third kappa shape index (κ3) is 95.5. The maximum Gasteiger partial charge on any atom is 0.466 e. The van der Waals surface area contributed by atoms with Crippen LogP contribution in [0.4, 0.5) is 0 Å². The smallest absolute Gasteiger partial charge is 0.303 e. The van der Waals surface area contributed by atoms with Crippen molar-refractivity contribution < 1.29 is 77.2 Å². The van der Waals surface area contributed by atoms with Gasteiger partial charge in [-0.05, 0) is 0 Å². The fourth-order valence-electron chi connectivity index (χ4n) is 0.